The Kier molecular flexibility index (Phi) is 3.40. The van der Waals surface area contributed by atoms with E-state index in [0.717, 1.165) is 5.92 Å². The van der Waals surface area contributed by atoms with E-state index in [1.54, 1.807) is 5.56 Å². The van der Waals surface area contributed by atoms with E-state index in [9.17, 15) is 0 Å². The number of hydrogen-bond donors (Lipinski definition) is 0. The summed E-state index contributed by atoms with van der Waals surface area (Å²) in [7, 11) is 2.23. The molecule has 0 radical (unpaired) electrons. The van der Waals surface area contributed by atoms with E-state index in [-0.39, 0.29) is 0 Å². The van der Waals surface area contributed by atoms with Crippen LogP contribution in [0, 0.1) is 0 Å². The summed E-state index contributed by atoms with van der Waals surface area (Å²) in [5.74, 6) is 0.720. The SMILES string of the molecule is Cn1c2ccccc2c2cc(C3CCCCC3)c3sc4ccccc4c3c21. The van der Waals surface area contributed by atoms with Gasteiger partial charge in [-0.2, -0.15) is 0 Å². The van der Waals surface area contributed by atoms with Gasteiger partial charge < -0.3 is 4.57 Å². The van der Waals surface area contributed by atoms with E-state index in [1.165, 1.54) is 74.1 Å². The molecule has 0 N–H and O–H groups in total. The summed E-state index contributed by atoms with van der Waals surface area (Å²) < 4.78 is 5.36. The first-order chi connectivity index (χ1) is 13.3. The summed E-state index contributed by atoms with van der Waals surface area (Å²) in [4.78, 5) is 0. The molecule has 1 aliphatic carbocycles. The van der Waals surface area contributed by atoms with Crippen molar-refractivity contribution in [1.82, 2.24) is 4.57 Å². The average Bonchev–Trinajstić information content (AvgIpc) is 3.24. The summed E-state index contributed by atoms with van der Waals surface area (Å²) in [5, 5.41) is 5.73. The second-order valence-corrected chi connectivity index (χ2v) is 9.13. The molecule has 1 nitrogen and oxygen atoms in total. The number of hydrogen-bond acceptors (Lipinski definition) is 1. The van der Waals surface area contributed by atoms with Crippen LogP contribution < -0.4 is 0 Å². The zero-order valence-electron chi connectivity index (χ0n) is 15.7. The lowest BCUT2D eigenvalue weighted by Gasteiger charge is -2.23. The smallest absolute Gasteiger partial charge is 0.0583 e. The second kappa shape index (κ2) is 5.84. The molecule has 1 saturated carbocycles. The number of aromatic nitrogens is 1. The van der Waals surface area contributed by atoms with Gasteiger partial charge in [-0.15, -0.1) is 11.3 Å². The largest absolute Gasteiger partial charge is 0.343 e. The topological polar surface area (TPSA) is 4.93 Å². The van der Waals surface area contributed by atoms with Crippen molar-refractivity contribution in [3.05, 3.63) is 60.2 Å². The fourth-order valence-electron chi connectivity index (χ4n) is 5.29. The average molecular weight is 370 g/mol. The number of aryl methyl sites for hydroxylation is 1. The number of rotatable bonds is 1. The highest BCUT2D eigenvalue weighted by atomic mass is 32.1. The Bertz CT molecular complexity index is 1310. The van der Waals surface area contributed by atoms with Crippen LogP contribution in [0.3, 0.4) is 0 Å². The van der Waals surface area contributed by atoms with Gasteiger partial charge in [0.05, 0.1) is 5.52 Å². The van der Waals surface area contributed by atoms with Gasteiger partial charge in [-0.05, 0) is 42.5 Å². The highest BCUT2D eigenvalue weighted by molar-refractivity contribution is 7.26. The third-order valence-corrected chi connectivity index (χ3v) is 7.81. The molecule has 0 unspecified atom stereocenters. The van der Waals surface area contributed by atoms with E-state index in [1.807, 2.05) is 11.3 Å². The maximum atomic E-state index is 2.55. The molecule has 0 amide bonds. The third-order valence-electron chi connectivity index (χ3n) is 6.59. The summed E-state index contributed by atoms with van der Waals surface area (Å²) in [6.45, 7) is 0. The molecule has 2 heterocycles. The zero-order chi connectivity index (χ0) is 18.0. The van der Waals surface area contributed by atoms with Crippen LogP contribution in [0.25, 0.3) is 42.0 Å². The fourth-order valence-corrected chi connectivity index (χ4v) is 6.59. The van der Waals surface area contributed by atoms with Crippen molar-refractivity contribution in [2.24, 2.45) is 7.05 Å². The first kappa shape index (κ1) is 15.7. The zero-order valence-corrected chi connectivity index (χ0v) is 16.5. The van der Waals surface area contributed by atoms with Crippen LogP contribution in [0.1, 0.15) is 43.6 Å². The van der Waals surface area contributed by atoms with Crippen LogP contribution in [-0.2, 0) is 7.05 Å². The lowest BCUT2D eigenvalue weighted by Crippen LogP contribution is -2.04. The highest BCUT2D eigenvalue weighted by Gasteiger charge is 2.23. The molecule has 134 valence electrons. The van der Waals surface area contributed by atoms with Gasteiger partial charge in [-0.3, -0.25) is 0 Å². The van der Waals surface area contributed by atoms with Crippen LogP contribution in [0.5, 0.6) is 0 Å². The summed E-state index contributed by atoms with van der Waals surface area (Å²) >= 11 is 2.00. The standard InChI is InChI=1S/C25H23NS/c1-26-21-13-7-5-11-17(21)20-15-19(16-9-3-2-4-10-16)25-23(24(20)26)18-12-6-8-14-22(18)27-25/h5-8,11-16H,2-4,9-10H2,1H3. The van der Waals surface area contributed by atoms with Crippen LogP contribution >= 0.6 is 11.3 Å². The Morgan fingerprint density at radius 3 is 2.44 bits per heavy atom. The number of thiophene rings is 1. The quantitative estimate of drug-likeness (QED) is 0.285. The Labute approximate surface area is 163 Å². The molecule has 0 aliphatic heterocycles. The van der Waals surface area contributed by atoms with Crippen LogP contribution in [0.15, 0.2) is 54.6 Å². The molecule has 1 fully saturated rings. The number of fused-ring (bicyclic) bond motifs is 7. The van der Waals surface area contributed by atoms with Crippen molar-refractivity contribution in [1.29, 1.82) is 0 Å². The van der Waals surface area contributed by atoms with Gasteiger partial charge in [0.1, 0.15) is 0 Å². The van der Waals surface area contributed by atoms with Gasteiger partial charge in [0.25, 0.3) is 0 Å². The molecule has 2 heteroatoms. The van der Waals surface area contributed by atoms with E-state index < -0.39 is 0 Å². The predicted molar refractivity (Wildman–Crippen MR) is 119 cm³/mol. The molecule has 1 aliphatic rings. The maximum Gasteiger partial charge on any atom is 0.0583 e. The summed E-state index contributed by atoms with van der Waals surface area (Å²) in [5.41, 5.74) is 4.35. The number of nitrogens with zero attached hydrogens (tertiary/aromatic N) is 1. The van der Waals surface area contributed by atoms with Crippen LogP contribution in [0.4, 0.5) is 0 Å². The van der Waals surface area contributed by atoms with E-state index in [2.05, 4.69) is 66.2 Å². The molecule has 2 aromatic heterocycles. The van der Waals surface area contributed by atoms with Crippen LogP contribution in [-0.4, -0.2) is 4.57 Å². The predicted octanol–water partition coefficient (Wildman–Crippen LogP) is 7.75. The number of benzene rings is 3. The molecule has 27 heavy (non-hydrogen) atoms. The van der Waals surface area contributed by atoms with Crippen molar-refractivity contribution < 1.29 is 0 Å². The van der Waals surface area contributed by atoms with Crippen molar-refractivity contribution >= 4 is 53.3 Å². The van der Waals surface area contributed by atoms with Gasteiger partial charge in [0.15, 0.2) is 0 Å². The minimum Gasteiger partial charge on any atom is -0.343 e. The van der Waals surface area contributed by atoms with E-state index in [0.29, 0.717) is 0 Å². The van der Waals surface area contributed by atoms with Crippen molar-refractivity contribution in [3.8, 4) is 0 Å². The molecule has 0 saturated heterocycles. The van der Waals surface area contributed by atoms with Gasteiger partial charge in [0.2, 0.25) is 0 Å². The highest BCUT2D eigenvalue weighted by Crippen LogP contribution is 2.47. The molecule has 5 aromatic rings. The van der Waals surface area contributed by atoms with E-state index >= 15 is 0 Å². The fraction of sp³-hybridized carbons (Fsp3) is 0.280. The third kappa shape index (κ3) is 2.17. The van der Waals surface area contributed by atoms with Crippen LogP contribution in [0.2, 0.25) is 0 Å². The Balaban J connectivity index is 1.85. The molecule has 0 atom stereocenters. The minimum absolute atomic E-state index is 0.720. The molecular weight excluding hydrogens is 346 g/mol. The first-order valence-electron chi connectivity index (χ1n) is 10.1. The lowest BCUT2D eigenvalue weighted by atomic mass is 9.83. The molecule has 6 rings (SSSR count). The summed E-state index contributed by atoms with van der Waals surface area (Å²) in [6, 6.07) is 20.4. The van der Waals surface area contributed by atoms with Crippen molar-refractivity contribution in [3.63, 3.8) is 0 Å². The van der Waals surface area contributed by atoms with Gasteiger partial charge >= 0.3 is 0 Å². The number of para-hydroxylation sites is 1. The van der Waals surface area contributed by atoms with Gasteiger partial charge in [-0.1, -0.05) is 55.7 Å². The van der Waals surface area contributed by atoms with Crippen molar-refractivity contribution in [2.75, 3.05) is 0 Å². The Hall–Kier alpha value is -2.32. The molecule has 3 aromatic carbocycles. The molecule has 0 bridgehead atoms. The maximum absolute atomic E-state index is 2.55. The molecule has 0 spiro atoms. The van der Waals surface area contributed by atoms with Gasteiger partial charge in [-0.25, -0.2) is 0 Å². The van der Waals surface area contributed by atoms with E-state index in [4.69, 9.17) is 0 Å². The van der Waals surface area contributed by atoms with Crippen molar-refractivity contribution in [2.45, 2.75) is 38.0 Å². The normalized spacial score (nSPS) is 16.2. The Morgan fingerprint density at radius 2 is 1.59 bits per heavy atom. The monoisotopic (exact) mass is 369 g/mol. The summed E-state index contributed by atoms with van der Waals surface area (Å²) in [6.07, 6.45) is 6.86. The Morgan fingerprint density at radius 1 is 0.852 bits per heavy atom. The first-order valence-corrected chi connectivity index (χ1v) is 11.0. The molecular formula is C25H23NS. The van der Waals surface area contributed by atoms with Gasteiger partial charge in [0, 0.05) is 43.5 Å². The minimum atomic E-state index is 0.720. The lowest BCUT2D eigenvalue weighted by molar-refractivity contribution is 0.446. The second-order valence-electron chi connectivity index (χ2n) is 8.08.